The Labute approximate surface area is 122 Å². The van der Waals surface area contributed by atoms with Crippen LogP contribution in [0.1, 0.15) is 12.8 Å². The molecule has 1 saturated carbocycles. The molecule has 1 fully saturated rings. The average Bonchev–Trinajstić information content (AvgIpc) is 2.29. The fourth-order valence-electron chi connectivity index (χ4n) is 1.74. The first kappa shape index (κ1) is 13.3. The molecular formula is C12H8ClIN2O2. The second-order valence-electron chi connectivity index (χ2n) is 4.17. The van der Waals surface area contributed by atoms with E-state index in [-0.39, 0.29) is 18.6 Å². The first-order valence-electron chi connectivity index (χ1n) is 5.16. The maximum atomic E-state index is 12.0. The van der Waals surface area contributed by atoms with Crippen LogP contribution >= 0.6 is 34.2 Å². The molecule has 0 saturated heterocycles. The third-order valence-electron chi connectivity index (χ3n) is 2.82. The van der Waals surface area contributed by atoms with Gasteiger partial charge in [-0.2, -0.15) is 5.26 Å². The van der Waals surface area contributed by atoms with E-state index in [9.17, 15) is 9.59 Å². The number of carbonyl (C=O) groups is 2. The molecule has 0 unspecified atom stereocenters. The fraction of sp³-hybridized carbons (Fsp3) is 0.250. The van der Waals surface area contributed by atoms with Crippen LogP contribution in [0.4, 0.5) is 5.69 Å². The highest BCUT2D eigenvalue weighted by atomic mass is 127. The molecule has 2 rings (SSSR count). The van der Waals surface area contributed by atoms with Crippen LogP contribution in [0, 0.1) is 20.3 Å². The zero-order valence-electron chi connectivity index (χ0n) is 9.17. The molecule has 0 radical (unpaired) electrons. The molecule has 1 aromatic carbocycles. The number of carbonyl (C=O) groups excluding carboxylic acids is 2. The van der Waals surface area contributed by atoms with Crippen LogP contribution in [0.5, 0.6) is 0 Å². The van der Waals surface area contributed by atoms with Crippen molar-refractivity contribution in [1.82, 2.24) is 0 Å². The van der Waals surface area contributed by atoms with Gasteiger partial charge in [0.25, 0.3) is 0 Å². The van der Waals surface area contributed by atoms with Crippen molar-refractivity contribution in [2.24, 2.45) is 5.41 Å². The van der Waals surface area contributed by atoms with Crippen LogP contribution in [-0.4, -0.2) is 11.7 Å². The van der Waals surface area contributed by atoms with Crippen LogP contribution in [0.15, 0.2) is 18.2 Å². The van der Waals surface area contributed by atoms with Crippen molar-refractivity contribution in [2.45, 2.75) is 12.8 Å². The third kappa shape index (κ3) is 2.35. The van der Waals surface area contributed by atoms with Crippen LogP contribution in [0.3, 0.4) is 0 Å². The molecule has 0 bridgehead atoms. The van der Waals surface area contributed by atoms with E-state index in [4.69, 9.17) is 16.9 Å². The first-order chi connectivity index (χ1) is 8.47. The summed E-state index contributed by atoms with van der Waals surface area (Å²) < 4.78 is 0.808. The summed E-state index contributed by atoms with van der Waals surface area (Å²) in [6.45, 7) is 0. The molecule has 0 heterocycles. The van der Waals surface area contributed by atoms with Gasteiger partial charge in [0.1, 0.15) is 11.2 Å². The molecule has 92 valence electrons. The summed E-state index contributed by atoms with van der Waals surface area (Å²) >= 11 is 7.93. The number of nitriles is 1. The van der Waals surface area contributed by atoms with E-state index in [2.05, 4.69) is 27.9 Å². The molecule has 1 aliphatic rings. The van der Waals surface area contributed by atoms with E-state index < -0.39 is 11.3 Å². The molecule has 1 aromatic rings. The molecule has 6 heteroatoms. The minimum absolute atomic E-state index is 0.0000151. The highest BCUT2D eigenvalue weighted by Crippen LogP contribution is 2.38. The van der Waals surface area contributed by atoms with Gasteiger partial charge in [-0.05, 0) is 40.8 Å². The van der Waals surface area contributed by atoms with E-state index in [0.717, 1.165) is 3.57 Å². The quantitative estimate of drug-likeness (QED) is 0.809. The Hall–Kier alpha value is -1.13. The van der Waals surface area contributed by atoms with Gasteiger partial charge in [-0.1, -0.05) is 11.6 Å². The number of ketones is 1. The summed E-state index contributed by atoms with van der Waals surface area (Å²) in [6.07, 6.45) is 0.0000302. The summed E-state index contributed by atoms with van der Waals surface area (Å²) in [5, 5.41) is 12.3. The molecule has 1 N–H and O–H groups in total. The normalized spacial score (nSPS) is 16.6. The van der Waals surface area contributed by atoms with Crippen molar-refractivity contribution in [3.8, 4) is 6.07 Å². The molecule has 0 aromatic heterocycles. The first-order valence-corrected chi connectivity index (χ1v) is 6.62. The number of hydrogen-bond acceptors (Lipinski definition) is 3. The minimum atomic E-state index is -1.19. The van der Waals surface area contributed by atoms with Gasteiger partial charge < -0.3 is 5.32 Å². The smallest absolute Gasteiger partial charge is 0.245 e. The number of anilines is 1. The number of nitrogens with zero attached hydrogens (tertiary/aromatic N) is 1. The lowest BCUT2D eigenvalue weighted by atomic mass is 9.68. The van der Waals surface area contributed by atoms with Gasteiger partial charge in [-0.3, -0.25) is 9.59 Å². The zero-order valence-corrected chi connectivity index (χ0v) is 12.1. The largest absolute Gasteiger partial charge is 0.325 e. The Morgan fingerprint density at radius 3 is 2.67 bits per heavy atom. The van der Waals surface area contributed by atoms with Gasteiger partial charge in [0.05, 0.1) is 11.1 Å². The predicted molar refractivity (Wildman–Crippen MR) is 75.1 cm³/mol. The molecule has 0 aliphatic heterocycles. The van der Waals surface area contributed by atoms with Crippen molar-refractivity contribution in [2.75, 3.05) is 5.32 Å². The molecule has 18 heavy (non-hydrogen) atoms. The van der Waals surface area contributed by atoms with Gasteiger partial charge in [0, 0.05) is 22.1 Å². The molecule has 0 atom stereocenters. The average molecular weight is 375 g/mol. The topological polar surface area (TPSA) is 70.0 Å². The van der Waals surface area contributed by atoms with Gasteiger partial charge in [-0.15, -0.1) is 0 Å². The maximum absolute atomic E-state index is 12.0. The lowest BCUT2D eigenvalue weighted by molar-refractivity contribution is -0.139. The molecule has 1 amide bonds. The summed E-state index contributed by atoms with van der Waals surface area (Å²) in [5.41, 5.74) is -0.620. The summed E-state index contributed by atoms with van der Waals surface area (Å²) in [7, 11) is 0. The minimum Gasteiger partial charge on any atom is -0.325 e. The summed E-state index contributed by atoms with van der Waals surface area (Å²) in [5.74, 6) is -0.486. The van der Waals surface area contributed by atoms with Crippen molar-refractivity contribution >= 4 is 51.6 Å². The Morgan fingerprint density at radius 2 is 2.17 bits per heavy atom. The number of hydrogen-bond donors (Lipinski definition) is 1. The predicted octanol–water partition coefficient (Wildman–Crippen LogP) is 2.76. The van der Waals surface area contributed by atoms with Crippen LogP contribution in [0.2, 0.25) is 5.02 Å². The number of Topliss-reactive ketones (excluding diaryl/α,β-unsaturated/α-hetero) is 1. The van der Waals surface area contributed by atoms with Gasteiger partial charge in [-0.25, -0.2) is 0 Å². The third-order valence-corrected chi connectivity index (χ3v) is 4.36. The summed E-state index contributed by atoms with van der Waals surface area (Å²) in [4.78, 5) is 22.9. The van der Waals surface area contributed by atoms with Crippen molar-refractivity contribution in [3.05, 3.63) is 26.8 Å². The van der Waals surface area contributed by atoms with Crippen molar-refractivity contribution in [3.63, 3.8) is 0 Å². The number of halogens is 2. The van der Waals surface area contributed by atoms with Crippen molar-refractivity contribution in [1.29, 1.82) is 5.26 Å². The van der Waals surface area contributed by atoms with E-state index >= 15 is 0 Å². The van der Waals surface area contributed by atoms with Crippen LogP contribution in [-0.2, 0) is 9.59 Å². The Balaban J connectivity index is 2.14. The molecule has 4 nitrogen and oxygen atoms in total. The molecule has 1 aliphatic carbocycles. The van der Waals surface area contributed by atoms with Gasteiger partial charge in [0.2, 0.25) is 5.91 Å². The van der Waals surface area contributed by atoms with Crippen molar-refractivity contribution < 1.29 is 9.59 Å². The van der Waals surface area contributed by atoms with E-state index in [1.165, 1.54) is 0 Å². The highest BCUT2D eigenvalue weighted by Gasteiger charge is 2.50. The van der Waals surface area contributed by atoms with E-state index in [0.29, 0.717) is 10.7 Å². The standard InChI is InChI=1S/C12H8ClIN2O2/c13-9-2-1-7(3-10(9)14)16-11(18)12(6-15)4-8(17)5-12/h1-3H,4-5H2,(H,16,18). The lowest BCUT2D eigenvalue weighted by Crippen LogP contribution is -2.46. The lowest BCUT2D eigenvalue weighted by Gasteiger charge is -2.31. The Morgan fingerprint density at radius 1 is 1.50 bits per heavy atom. The van der Waals surface area contributed by atoms with Gasteiger partial charge >= 0.3 is 0 Å². The van der Waals surface area contributed by atoms with E-state index in [1.807, 2.05) is 6.07 Å². The monoisotopic (exact) mass is 374 g/mol. The zero-order chi connectivity index (χ0) is 13.3. The highest BCUT2D eigenvalue weighted by molar-refractivity contribution is 14.1. The Bertz CT molecular complexity index is 572. The number of rotatable bonds is 2. The maximum Gasteiger partial charge on any atom is 0.245 e. The molecule has 0 spiro atoms. The second kappa shape index (κ2) is 4.86. The molecular weight excluding hydrogens is 367 g/mol. The summed E-state index contributed by atoms with van der Waals surface area (Å²) in [6, 6.07) is 6.98. The van der Waals surface area contributed by atoms with E-state index in [1.54, 1.807) is 18.2 Å². The second-order valence-corrected chi connectivity index (χ2v) is 5.74. The number of nitrogens with one attached hydrogen (secondary N) is 1. The SMILES string of the molecule is N#CC1(C(=O)Nc2ccc(Cl)c(I)c2)CC(=O)C1. The number of amides is 1. The number of benzene rings is 1. The van der Waals surface area contributed by atoms with Crippen LogP contribution < -0.4 is 5.32 Å². The van der Waals surface area contributed by atoms with Gasteiger partial charge in [0.15, 0.2) is 0 Å². The fourth-order valence-corrected chi connectivity index (χ4v) is 2.37. The Kier molecular flexibility index (Phi) is 3.59. The van der Waals surface area contributed by atoms with Crippen LogP contribution in [0.25, 0.3) is 0 Å².